The Balaban J connectivity index is 1.27. The summed E-state index contributed by atoms with van der Waals surface area (Å²) in [7, 11) is 30.6. The monoisotopic (exact) mass is 1630 g/mol. The molecule has 0 amide bonds. The Bertz CT molecular complexity index is 2620. The number of aliphatic hydroxyl groups excluding tert-OH is 18. The average Bonchev–Trinajstić information content (AvgIpc) is 0.771. The van der Waals surface area contributed by atoms with Crippen molar-refractivity contribution >= 4 is 0 Å². The second-order valence-corrected chi connectivity index (χ2v) is 35.3. The second kappa shape index (κ2) is 43.5. The molecule has 0 aromatic carbocycles. The van der Waals surface area contributed by atoms with Gasteiger partial charge in [-0.3, -0.25) is 0 Å². The number of hydrogen-bond donors (Lipinski definition) is 18. The lowest BCUT2D eigenvalue weighted by Crippen LogP contribution is -2.68. The van der Waals surface area contributed by atoms with Gasteiger partial charge in [0.1, 0.15) is 184 Å². The number of aliphatic hydroxyl groups is 18. The summed E-state index contributed by atoms with van der Waals surface area (Å²) >= 11 is 0. The summed E-state index contributed by atoms with van der Waals surface area (Å²) in [4.78, 5) is 0. The molecule has 0 bridgehead atoms. The van der Waals surface area contributed by atoms with Crippen molar-refractivity contribution < 1.29 is 200 Å². The predicted molar refractivity (Wildman–Crippen MR) is 381 cm³/mol. The quantitative estimate of drug-likeness (QED) is 0.0252. The van der Waals surface area contributed by atoms with E-state index in [9.17, 15) is 91.9 Å². The van der Waals surface area contributed by atoms with Crippen molar-refractivity contribution in [2.75, 3.05) is 225 Å². The fourth-order valence-corrected chi connectivity index (χ4v) is 13.7. The standard InChI is InChI=1S/C70H140N5O36/c1-71(2,3)20-18-36(76)25-96-31-42-60(94-16)49(83)56(90)67(104-42)108-62-44(33-99-28-39(79)23-74(10,11)12)106-69(58(92)52(62)86)109-61-43(32-97-26-37(77)19-21-72(4,5)6)105-68(57(91)51(61)85)110-63-45(34-100-29-40(80)24-75(13,14)15)107-70(59(93)53(63)87)111-64-46(103-65(95-17)55(89)50(64)84)35-101-66-54(88)48(82)47(81)41(102-66)30-98-27-38(78)22-73(7,8)9/h36-70,76-93H,18-35H2,1-17H3/q+5. The van der Waals surface area contributed by atoms with Crippen LogP contribution in [-0.2, 0) is 85.3 Å². The molecule has 6 heterocycles. The molecule has 18 N–H and O–H groups in total. The molecule has 0 spiro atoms. The van der Waals surface area contributed by atoms with Crippen molar-refractivity contribution in [3.05, 3.63) is 0 Å². The van der Waals surface area contributed by atoms with E-state index in [1.165, 1.54) is 7.11 Å². The van der Waals surface area contributed by atoms with Crippen LogP contribution in [0.15, 0.2) is 0 Å². The molecule has 0 saturated carbocycles. The first-order valence-electron chi connectivity index (χ1n) is 37.9. The molecule has 6 aliphatic heterocycles. The number of nitrogens with zero attached hydrogens (tertiary/aromatic N) is 5. The topological polar surface area (TPSA) is 530 Å². The van der Waals surface area contributed by atoms with E-state index in [2.05, 4.69) is 0 Å². The van der Waals surface area contributed by atoms with Gasteiger partial charge in [-0.05, 0) is 0 Å². The Morgan fingerprint density at radius 1 is 0.252 bits per heavy atom. The van der Waals surface area contributed by atoms with Crippen molar-refractivity contribution in [1.29, 1.82) is 0 Å². The largest absolute Gasteiger partial charge is 0.390 e. The number of likely N-dealkylation sites (N-methyl/N-ethyl adjacent to an activating group) is 3. The third kappa shape index (κ3) is 30.5. The molecule has 0 aromatic heterocycles. The fraction of sp³-hybridized carbons (Fsp3) is 1.00. The lowest BCUT2D eigenvalue weighted by atomic mass is 9.95. The zero-order valence-corrected chi connectivity index (χ0v) is 67.6. The normalized spacial score (nSPS) is 39.3. The van der Waals surface area contributed by atoms with E-state index in [4.69, 9.17) is 85.3 Å². The molecule has 6 fully saturated rings. The smallest absolute Gasteiger partial charge is 0.187 e. The molecule has 35 atom stereocenters. The van der Waals surface area contributed by atoms with Crippen LogP contribution in [0.3, 0.4) is 0 Å². The Morgan fingerprint density at radius 3 is 0.784 bits per heavy atom. The molecule has 6 saturated heterocycles. The lowest BCUT2D eigenvalue weighted by molar-refractivity contribution is -0.873. The molecule has 41 nitrogen and oxygen atoms in total. The summed E-state index contributed by atoms with van der Waals surface area (Å²) in [5.74, 6) is 0. The molecule has 41 heteroatoms. The van der Waals surface area contributed by atoms with Gasteiger partial charge in [-0.1, -0.05) is 0 Å². The molecule has 6 rings (SSSR count). The summed E-state index contributed by atoms with van der Waals surface area (Å²) in [6.07, 6.45) is -58.6. The van der Waals surface area contributed by atoms with Crippen LogP contribution in [0.1, 0.15) is 12.8 Å². The number of ether oxygens (including phenoxy) is 18. The first kappa shape index (κ1) is 98.2. The van der Waals surface area contributed by atoms with Crippen molar-refractivity contribution in [3.63, 3.8) is 0 Å². The van der Waals surface area contributed by atoms with Crippen molar-refractivity contribution in [1.82, 2.24) is 0 Å². The van der Waals surface area contributed by atoms with E-state index in [0.29, 0.717) is 48.5 Å². The van der Waals surface area contributed by atoms with Crippen LogP contribution in [-0.4, -0.2) is 554 Å². The van der Waals surface area contributed by atoms with Crippen LogP contribution in [0.4, 0.5) is 0 Å². The third-order valence-electron chi connectivity index (χ3n) is 19.5. The Labute approximate surface area is 650 Å². The lowest BCUT2D eigenvalue weighted by Gasteiger charge is -2.50. The van der Waals surface area contributed by atoms with Gasteiger partial charge >= 0.3 is 0 Å². The number of hydrogen-bond acceptors (Lipinski definition) is 36. The maximum absolute atomic E-state index is 12.4. The number of quaternary nitrogens is 5. The van der Waals surface area contributed by atoms with Gasteiger partial charge in [-0.15, -0.1) is 0 Å². The van der Waals surface area contributed by atoms with Gasteiger partial charge in [-0.25, -0.2) is 0 Å². The van der Waals surface area contributed by atoms with E-state index in [1.54, 1.807) is 0 Å². The number of rotatable bonds is 45. The first-order chi connectivity index (χ1) is 51.5. The van der Waals surface area contributed by atoms with Crippen molar-refractivity contribution in [3.8, 4) is 0 Å². The summed E-state index contributed by atoms with van der Waals surface area (Å²) < 4.78 is 110. The maximum atomic E-state index is 12.4. The fourth-order valence-electron chi connectivity index (χ4n) is 13.7. The average molecular weight is 1630 g/mol. The van der Waals surface area contributed by atoms with Gasteiger partial charge < -0.3 is 200 Å². The maximum Gasteiger partial charge on any atom is 0.187 e. The highest BCUT2D eigenvalue weighted by atomic mass is 16.8. The van der Waals surface area contributed by atoms with E-state index < -0.39 is 241 Å². The minimum Gasteiger partial charge on any atom is -0.390 e. The number of methoxy groups -OCH3 is 2. The summed E-state index contributed by atoms with van der Waals surface area (Å²) in [6.45, 7) is -2.56. The highest BCUT2D eigenvalue weighted by Gasteiger charge is 2.58. The zero-order chi connectivity index (χ0) is 83.2. The van der Waals surface area contributed by atoms with E-state index >= 15 is 0 Å². The summed E-state index contributed by atoms with van der Waals surface area (Å²) in [5.41, 5.74) is 0. The van der Waals surface area contributed by atoms with Crippen molar-refractivity contribution in [2.24, 2.45) is 0 Å². The van der Waals surface area contributed by atoms with Crippen LogP contribution in [0.5, 0.6) is 0 Å². The van der Waals surface area contributed by atoms with Crippen LogP contribution < -0.4 is 0 Å². The van der Waals surface area contributed by atoms with Crippen LogP contribution >= 0.6 is 0 Å². The molecule has 0 aromatic rings. The van der Waals surface area contributed by atoms with Crippen molar-refractivity contribution in [2.45, 2.75) is 228 Å². The van der Waals surface area contributed by atoms with Gasteiger partial charge in [0, 0.05) is 27.1 Å². The molecule has 6 aliphatic rings. The third-order valence-corrected chi connectivity index (χ3v) is 19.5. The highest BCUT2D eigenvalue weighted by molar-refractivity contribution is 5.00. The SMILES string of the molecule is COC1OC(COC2OC(COCC(O)C[N+](C)(C)C)C(O)C(O)C2O)C(OC2OC(COCC(O)C[N+](C)(C)C)C(OC3OC(COCC(O)CC[N+](C)(C)C)C(OC4OC(COCC(O)C[N+](C)(C)C)C(OC5OC(COCC(O)CC[N+](C)(C)C)C(OC)C(O)C5O)C(O)C4O)C(O)C3O)C(O)C2O)C(O)C1O. The minimum atomic E-state index is -2.22. The summed E-state index contributed by atoms with van der Waals surface area (Å²) in [5, 5.41) is 206. The Hall–Kier alpha value is -1.64. The predicted octanol–water partition coefficient (Wildman–Crippen LogP) is -11.6. The minimum absolute atomic E-state index is 0.130. The van der Waals surface area contributed by atoms with Gasteiger partial charge in [-0.2, -0.15) is 0 Å². The van der Waals surface area contributed by atoms with Gasteiger partial charge in [0.15, 0.2) is 37.7 Å². The first-order valence-corrected chi connectivity index (χ1v) is 37.9. The zero-order valence-electron chi connectivity index (χ0n) is 67.6. The highest BCUT2D eigenvalue weighted by Crippen LogP contribution is 2.38. The van der Waals surface area contributed by atoms with Crippen LogP contribution in [0.2, 0.25) is 0 Å². The molecular weight excluding hydrogens is 1490 g/mol. The Morgan fingerprint density at radius 2 is 0.495 bits per heavy atom. The van der Waals surface area contributed by atoms with Crippen LogP contribution in [0, 0.1) is 0 Å². The summed E-state index contributed by atoms with van der Waals surface area (Å²) in [6, 6.07) is 0. The molecule has 35 unspecified atom stereocenters. The molecular formula is C70H140N5O36+5. The van der Waals surface area contributed by atoms with Gasteiger partial charge in [0.2, 0.25) is 0 Å². The van der Waals surface area contributed by atoms with Gasteiger partial charge in [0.25, 0.3) is 0 Å². The van der Waals surface area contributed by atoms with E-state index in [-0.39, 0.29) is 65.8 Å². The molecule has 0 radical (unpaired) electrons. The molecule has 0 aliphatic carbocycles. The Kier molecular flexibility index (Phi) is 38.5. The van der Waals surface area contributed by atoms with Gasteiger partial charge in [0.05, 0.1) is 204 Å². The molecule has 111 heavy (non-hydrogen) atoms. The van der Waals surface area contributed by atoms with E-state index in [1.807, 2.05) is 106 Å². The molecule has 656 valence electrons. The second-order valence-electron chi connectivity index (χ2n) is 35.3. The van der Waals surface area contributed by atoms with E-state index in [0.717, 1.165) is 7.11 Å². The van der Waals surface area contributed by atoms with Crippen LogP contribution in [0.25, 0.3) is 0 Å².